The molecule has 0 saturated heterocycles. The van der Waals surface area contributed by atoms with Gasteiger partial charge in [0, 0.05) is 6.42 Å². The van der Waals surface area contributed by atoms with Crippen LogP contribution in [0.1, 0.15) is 109 Å². The van der Waals surface area contributed by atoms with Gasteiger partial charge in [-0.2, -0.15) is 0 Å². The van der Waals surface area contributed by atoms with Crippen LogP contribution in [0.15, 0.2) is 24.3 Å². The van der Waals surface area contributed by atoms with Gasteiger partial charge in [-0.15, -0.1) is 0 Å². The smallest absolute Gasteiger partial charge is 0.395 e. The molecule has 5 heteroatoms. The highest BCUT2D eigenvalue weighted by Crippen LogP contribution is 2.54. The molecule has 2 aromatic carbocycles. The van der Waals surface area contributed by atoms with Gasteiger partial charge < -0.3 is 9.05 Å². The van der Waals surface area contributed by atoms with Crippen LogP contribution in [0.4, 0.5) is 0 Å². The Morgan fingerprint density at radius 3 is 1.53 bits per heavy atom. The van der Waals surface area contributed by atoms with Crippen molar-refractivity contribution in [3.05, 3.63) is 57.6 Å². The Morgan fingerprint density at radius 2 is 1.12 bits per heavy atom. The summed E-state index contributed by atoms with van der Waals surface area (Å²) < 4.78 is 25.0. The van der Waals surface area contributed by atoms with E-state index >= 15 is 0 Å². The van der Waals surface area contributed by atoms with Crippen molar-refractivity contribution in [1.29, 1.82) is 0 Å². The molecule has 0 unspecified atom stereocenters. The number of phosphoric acid groups is 1. The van der Waals surface area contributed by atoms with E-state index in [0.717, 1.165) is 47.9 Å². The number of benzene rings is 2. The Hall–Kier alpha value is -1.77. The molecule has 0 spiro atoms. The molecule has 0 amide bonds. The molecule has 2 fully saturated rings. The maximum absolute atomic E-state index is 13.3. The third-order valence-corrected chi connectivity index (χ3v) is 8.39. The third-order valence-electron chi connectivity index (χ3n) is 7.56. The van der Waals surface area contributed by atoms with Crippen molar-refractivity contribution in [2.24, 2.45) is 0 Å². The van der Waals surface area contributed by atoms with Crippen LogP contribution in [0.2, 0.25) is 0 Å². The third kappa shape index (κ3) is 4.50. The van der Waals surface area contributed by atoms with Crippen molar-refractivity contribution in [2.45, 2.75) is 96.3 Å². The summed E-state index contributed by atoms with van der Waals surface area (Å²) in [7, 11) is -4.31. The molecule has 1 N–H and O–H groups in total. The highest BCUT2D eigenvalue weighted by Gasteiger charge is 2.35. The van der Waals surface area contributed by atoms with Gasteiger partial charge in [0.05, 0.1) is 0 Å². The van der Waals surface area contributed by atoms with Gasteiger partial charge in [0.1, 0.15) is 11.5 Å². The van der Waals surface area contributed by atoms with E-state index in [1.807, 2.05) is 0 Å². The van der Waals surface area contributed by atoms with E-state index in [2.05, 4.69) is 38.1 Å². The van der Waals surface area contributed by atoms with Crippen molar-refractivity contribution in [3.63, 3.8) is 0 Å². The molecule has 0 radical (unpaired) electrons. The first-order chi connectivity index (χ1) is 15.4. The van der Waals surface area contributed by atoms with Crippen molar-refractivity contribution >= 4 is 7.82 Å². The molecule has 5 rings (SSSR count). The van der Waals surface area contributed by atoms with Crippen LogP contribution < -0.4 is 9.05 Å². The van der Waals surface area contributed by atoms with Crippen LogP contribution in [-0.4, -0.2) is 4.89 Å². The number of fused-ring (bicyclic) bond motifs is 2. The van der Waals surface area contributed by atoms with Crippen LogP contribution >= 0.6 is 7.82 Å². The van der Waals surface area contributed by atoms with E-state index in [1.54, 1.807) is 0 Å². The highest BCUT2D eigenvalue weighted by molar-refractivity contribution is 7.48. The first-order valence-electron chi connectivity index (χ1n) is 12.4. The lowest BCUT2D eigenvalue weighted by Crippen LogP contribution is -2.15. The largest absolute Gasteiger partial charge is 0.584 e. The number of aryl methyl sites for hydroxylation is 2. The average Bonchev–Trinajstić information content (AvgIpc) is 2.77. The van der Waals surface area contributed by atoms with Gasteiger partial charge in [-0.3, -0.25) is 4.89 Å². The van der Waals surface area contributed by atoms with E-state index in [0.29, 0.717) is 29.8 Å². The van der Waals surface area contributed by atoms with Crippen LogP contribution in [-0.2, 0) is 11.0 Å². The molecule has 4 nitrogen and oxygen atoms in total. The second-order valence-corrected chi connectivity index (χ2v) is 11.5. The molecule has 0 bridgehead atoms. The maximum atomic E-state index is 13.3. The summed E-state index contributed by atoms with van der Waals surface area (Å²) >= 11 is 0. The SMILES string of the molecule is Cc1cc2c(c(C3CCCCC3)c1)OP(=O)(O)Oc1c(cc(C)cc1C1CCCCC1)C2. The lowest BCUT2D eigenvalue weighted by molar-refractivity contribution is 0.281. The summed E-state index contributed by atoms with van der Waals surface area (Å²) in [6.07, 6.45) is 12.4. The van der Waals surface area contributed by atoms with Crippen LogP contribution in [0, 0.1) is 13.8 Å². The summed E-state index contributed by atoms with van der Waals surface area (Å²) in [5, 5.41) is 0. The predicted molar refractivity (Wildman–Crippen MR) is 128 cm³/mol. The van der Waals surface area contributed by atoms with Gasteiger partial charge in [0.25, 0.3) is 0 Å². The summed E-state index contributed by atoms with van der Waals surface area (Å²) in [5.74, 6) is 1.93. The summed E-state index contributed by atoms with van der Waals surface area (Å²) in [4.78, 5) is 10.9. The quantitative estimate of drug-likeness (QED) is 0.469. The van der Waals surface area contributed by atoms with Gasteiger partial charge in [0.2, 0.25) is 0 Å². The zero-order valence-electron chi connectivity index (χ0n) is 19.4. The van der Waals surface area contributed by atoms with Gasteiger partial charge >= 0.3 is 7.82 Å². The lowest BCUT2D eigenvalue weighted by Gasteiger charge is -2.31. The summed E-state index contributed by atoms with van der Waals surface area (Å²) in [6.45, 7) is 4.23. The Labute approximate surface area is 192 Å². The van der Waals surface area contributed by atoms with Gasteiger partial charge in [0.15, 0.2) is 0 Å². The monoisotopic (exact) mass is 454 g/mol. The number of phosphoric ester groups is 1. The fraction of sp³-hybridized carbons (Fsp3) is 0.556. The Balaban J connectivity index is 1.64. The van der Waals surface area contributed by atoms with Gasteiger partial charge in [-0.1, -0.05) is 73.9 Å². The Bertz CT molecular complexity index is 969. The first kappa shape index (κ1) is 22.0. The van der Waals surface area contributed by atoms with E-state index in [9.17, 15) is 9.46 Å². The number of hydrogen-bond donors (Lipinski definition) is 1. The Kier molecular flexibility index (Phi) is 6.11. The van der Waals surface area contributed by atoms with Crippen LogP contribution in [0.25, 0.3) is 0 Å². The molecule has 1 aliphatic heterocycles. The van der Waals surface area contributed by atoms with E-state index in [1.165, 1.54) is 49.7 Å². The molecule has 172 valence electrons. The summed E-state index contributed by atoms with van der Waals surface area (Å²) in [5.41, 5.74) is 6.55. The van der Waals surface area contributed by atoms with Crippen molar-refractivity contribution in [3.8, 4) is 11.5 Å². The molecule has 32 heavy (non-hydrogen) atoms. The van der Waals surface area contributed by atoms with Crippen molar-refractivity contribution in [2.75, 3.05) is 0 Å². The molecule has 2 aromatic rings. The standard InChI is InChI=1S/C27H35O4P/c1-18-13-22-17-23-14-19(2)16-25(21-11-7-4-8-12-21)27(23)31-32(28,29)30-26(22)24(15-18)20-9-5-3-6-10-20/h13-16,20-21H,3-12,17H2,1-2H3,(H,28,29). The zero-order valence-corrected chi connectivity index (χ0v) is 20.3. The minimum absolute atomic E-state index is 0.381. The molecule has 2 aliphatic carbocycles. The zero-order chi connectivity index (χ0) is 22.3. The van der Waals surface area contributed by atoms with Gasteiger partial charge in [-0.05, 0) is 73.6 Å². The second-order valence-electron chi connectivity index (χ2n) is 10.2. The Morgan fingerprint density at radius 1 is 0.719 bits per heavy atom. The molecule has 0 aromatic heterocycles. The van der Waals surface area contributed by atoms with Crippen molar-refractivity contribution < 1.29 is 18.5 Å². The molecular formula is C27H35O4P. The van der Waals surface area contributed by atoms with E-state index in [4.69, 9.17) is 9.05 Å². The van der Waals surface area contributed by atoms with Gasteiger partial charge in [-0.25, -0.2) is 4.57 Å². The lowest BCUT2D eigenvalue weighted by atomic mass is 9.80. The fourth-order valence-corrected chi connectivity index (χ4v) is 7.07. The normalized spacial score (nSPS) is 21.5. The fourth-order valence-electron chi connectivity index (χ4n) is 6.13. The molecular weight excluding hydrogens is 419 g/mol. The second kappa shape index (κ2) is 8.88. The molecule has 0 atom stereocenters. The topological polar surface area (TPSA) is 55.8 Å². The highest BCUT2D eigenvalue weighted by atomic mass is 31.2. The van der Waals surface area contributed by atoms with E-state index < -0.39 is 7.82 Å². The minimum atomic E-state index is -4.31. The molecule has 2 saturated carbocycles. The van der Waals surface area contributed by atoms with E-state index in [-0.39, 0.29) is 0 Å². The first-order valence-corrected chi connectivity index (χ1v) is 13.9. The average molecular weight is 455 g/mol. The van der Waals surface area contributed by atoms with Crippen LogP contribution in [0.3, 0.4) is 0 Å². The predicted octanol–water partition coefficient (Wildman–Crippen LogP) is 7.86. The maximum Gasteiger partial charge on any atom is 0.584 e. The molecule has 3 aliphatic rings. The molecule has 1 heterocycles. The number of rotatable bonds is 2. The van der Waals surface area contributed by atoms with Crippen molar-refractivity contribution in [1.82, 2.24) is 0 Å². The summed E-state index contributed by atoms with van der Waals surface area (Å²) in [6, 6.07) is 8.56. The number of hydrogen-bond acceptors (Lipinski definition) is 3. The van der Waals surface area contributed by atoms with Crippen LogP contribution in [0.5, 0.6) is 11.5 Å². The minimum Gasteiger partial charge on any atom is -0.395 e.